The Morgan fingerprint density at radius 3 is 2.72 bits per heavy atom. The fourth-order valence-electron chi connectivity index (χ4n) is 2.71. The Morgan fingerprint density at radius 2 is 2.06 bits per heavy atom. The molecule has 0 aliphatic rings. The van der Waals surface area contributed by atoms with Gasteiger partial charge in [-0.2, -0.15) is 5.10 Å². The highest BCUT2D eigenvalue weighted by Gasteiger charge is 2.15. The highest BCUT2D eigenvalue weighted by atomic mass is 35.5. The van der Waals surface area contributed by atoms with Crippen LogP contribution in [0.3, 0.4) is 0 Å². The highest BCUT2D eigenvalue weighted by Crippen LogP contribution is 2.25. The normalized spacial score (nSPS) is 11.0. The molecule has 0 fully saturated rings. The van der Waals surface area contributed by atoms with Gasteiger partial charge in [0.25, 0.3) is 11.6 Å². The van der Waals surface area contributed by atoms with Crippen molar-refractivity contribution in [3.8, 4) is 17.1 Å². The number of methoxy groups -OCH3 is 1. The second-order valence-electron chi connectivity index (χ2n) is 6.32. The fraction of sp³-hybridized carbons (Fsp3) is 0.200. The number of carbonyl (C=O) groups excluding carboxylic acids is 1. The van der Waals surface area contributed by atoms with Gasteiger partial charge in [0, 0.05) is 34.8 Å². The zero-order valence-corrected chi connectivity index (χ0v) is 18.8. The molecule has 0 unspecified atom stereocenters. The van der Waals surface area contributed by atoms with Gasteiger partial charge >= 0.3 is 0 Å². The van der Waals surface area contributed by atoms with Crippen LogP contribution in [-0.2, 0) is 11.3 Å². The third-order valence-electron chi connectivity index (χ3n) is 4.30. The molecule has 10 nitrogen and oxygen atoms in total. The van der Waals surface area contributed by atoms with Crippen molar-refractivity contribution in [2.45, 2.75) is 18.6 Å². The van der Waals surface area contributed by atoms with Gasteiger partial charge in [0.15, 0.2) is 11.0 Å². The summed E-state index contributed by atoms with van der Waals surface area (Å²) in [6.07, 6.45) is 1.26. The molecule has 0 saturated carbocycles. The Bertz CT molecular complexity index is 1150. The smallest absolute Gasteiger partial charge is 0.270 e. The van der Waals surface area contributed by atoms with Crippen molar-refractivity contribution < 1.29 is 14.5 Å². The number of hydrogen-bond donors (Lipinski definition) is 1. The average Bonchev–Trinajstić information content (AvgIpc) is 3.21. The van der Waals surface area contributed by atoms with Crippen molar-refractivity contribution >= 4 is 41.2 Å². The summed E-state index contributed by atoms with van der Waals surface area (Å²) in [7, 11) is 1.60. The average molecular weight is 475 g/mol. The molecule has 0 radical (unpaired) electrons. The molecule has 2 aromatic carbocycles. The van der Waals surface area contributed by atoms with Gasteiger partial charge in [0.1, 0.15) is 5.75 Å². The van der Waals surface area contributed by atoms with Crippen LogP contribution in [0.4, 0.5) is 5.69 Å². The van der Waals surface area contributed by atoms with Gasteiger partial charge in [-0.25, -0.2) is 5.43 Å². The van der Waals surface area contributed by atoms with Crippen LogP contribution in [0.25, 0.3) is 11.4 Å². The summed E-state index contributed by atoms with van der Waals surface area (Å²) in [5.74, 6) is 1.12. The van der Waals surface area contributed by atoms with Crippen LogP contribution >= 0.6 is 23.4 Å². The van der Waals surface area contributed by atoms with Crippen molar-refractivity contribution in [3.63, 3.8) is 0 Å². The molecule has 0 atom stereocenters. The van der Waals surface area contributed by atoms with E-state index in [4.69, 9.17) is 16.3 Å². The summed E-state index contributed by atoms with van der Waals surface area (Å²) >= 11 is 7.23. The number of aromatic nitrogens is 3. The van der Waals surface area contributed by atoms with Gasteiger partial charge in [0.05, 0.1) is 24.0 Å². The first-order chi connectivity index (χ1) is 15.4. The van der Waals surface area contributed by atoms with Crippen molar-refractivity contribution in [3.05, 3.63) is 63.2 Å². The Kier molecular flexibility index (Phi) is 7.79. The summed E-state index contributed by atoms with van der Waals surface area (Å²) in [6, 6.07) is 11.4. The number of hydrazone groups is 1. The first-order valence-electron chi connectivity index (χ1n) is 9.39. The predicted octanol–water partition coefficient (Wildman–Crippen LogP) is 3.78. The van der Waals surface area contributed by atoms with E-state index >= 15 is 0 Å². The van der Waals surface area contributed by atoms with Crippen molar-refractivity contribution in [1.29, 1.82) is 0 Å². The predicted molar refractivity (Wildman–Crippen MR) is 122 cm³/mol. The maximum absolute atomic E-state index is 12.2. The first kappa shape index (κ1) is 23.2. The molecule has 0 bridgehead atoms. The molecule has 0 aliphatic carbocycles. The molecule has 1 amide bonds. The lowest BCUT2D eigenvalue weighted by Crippen LogP contribution is -2.20. The Labute approximate surface area is 192 Å². The minimum Gasteiger partial charge on any atom is -0.497 e. The summed E-state index contributed by atoms with van der Waals surface area (Å²) in [5, 5.41) is 24.0. The van der Waals surface area contributed by atoms with E-state index in [-0.39, 0.29) is 22.4 Å². The number of halogens is 1. The van der Waals surface area contributed by atoms with Crippen molar-refractivity contribution in [2.24, 2.45) is 5.10 Å². The summed E-state index contributed by atoms with van der Waals surface area (Å²) in [6.45, 7) is 2.59. The SMILES string of the molecule is CCn1c(SCC(=O)N/N=C/c2cc([N+](=O)[O-])ccc2Cl)nnc1-c1ccc(OC)cc1. The Morgan fingerprint density at radius 1 is 1.31 bits per heavy atom. The maximum atomic E-state index is 12.2. The number of rotatable bonds is 9. The molecule has 0 saturated heterocycles. The lowest BCUT2D eigenvalue weighted by molar-refractivity contribution is -0.384. The molecule has 32 heavy (non-hydrogen) atoms. The highest BCUT2D eigenvalue weighted by molar-refractivity contribution is 7.99. The molecular weight excluding hydrogens is 456 g/mol. The van der Waals surface area contributed by atoms with Crippen LogP contribution in [0.5, 0.6) is 5.75 Å². The van der Waals surface area contributed by atoms with E-state index < -0.39 is 4.92 Å². The second kappa shape index (κ2) is 10.7. The monoisotopic (exact) mass is 474 g/mol. The minimum atomic E-state index is -0.535. The number of nitro groups is 1. The van der Waals surface area contributed by atoms with Gasteiger partial charge in [-0.3, -0.25) is 14.9 Å². The summed E-state index contributed by atoms with van der Waals surface area (Å²) in [4.78, 5) is 22.5. The number of hydrogen-bond acceptors (Lipinski definition) is 8. The quantitative estimate of drug-likeness (QED) is 0.216. The van der Waals surface area contributed by atoms with E-state index in [9.17, 15) is 14.9 Å². The standard InChI is InChI=1S/C20H19ClN6O4S/c1-3-26-19(13-4-7-16(31-2)8-5-13)24-25-20(26)32-12-18(28)23-22-11-14-10-15(27(29)30)6-9-17(14)21/h4-11H,3,12H2,1-2H3,(H,23,28)/b22-11+. The zero-order valence-electron chi connectivity index (χ0n) is 17.2. The van der Waals surface area contributed by atoms with Gasteiger partial charge in [-0.05, 0) is 37.3 Å². The number of non-ortho nitro benzene ring substituents is 1. The summed E-state index contributed by atoms with van der Waals surface area (Å²) < 4.78 is 7.08. The van der Waals surface area contributed by atoms with E-state index in [0.717, 1.165) is 11.3 Å². The van der Waals surface area contributed by atoms with Crippen molar-refractivity contribution in [1.82, 2.24) is 20.2 Å². The fourth-order valence-corrected chi connectivity index (χ4v) is 3.68. The molecule has 1 N–H and O–H groups in total. The molecular formula is C20H19ClN6O4S. The molecule has 1 aromatic heterocycles. The van der Waals surface area contributed by atoms with Gasteiger partial charge in [0.2, 0.25) is 0 Å². The van der Waals surface area contributed by atoms with E-state index in [1.165, 1.54) is 36.2 Å². The zero-order chi connectivity index (χ0) is 23.1. The number of ether oxygens (including phenoxy) is 1. The number of nitrogens with zero attached hydrogens (tertiary/aromatic N) is 5. The van der Waals surface area contributed by atoms with E-state index in [2.05, 4.69) is 20.7 Å². The number of nitro benzene ring substituents is 1. The Hall–Kier alpha value is -3.44. The summed E-state index contributed by atoms with van der Waals surface area (Å²) in [5.41, 5.74) is 3.46. The number of amides is 1. The first-order valence-corrected chi connectivity index (χ1v) is 10.8. The van der Waals surface area contributed by atoms with Crippen LogP contribution in [0, 0.1) is 10.1 Å². The largest absolute Gasteiger partial charge is 0.497 e. The van der Waals surface area contributed by atoms with Crippen LogP contribution in [0.2, 0.25) is 5.02 Å². The molecule has 166 valence electrons. The lowest BCUT2D eigenvalue weighted by Gasteiger charge is -2.07. The van der Waals surface area contributed by atoms with Gasteiger partial charge < -0.3 is 9.30 Å². The molecule has 0 spiro atoms. The van der Waals surface area contributed by atoms with Crippen LogP contribution in [-0.4, -0.2) is 44.7 Å². The Balaban J connectivity index is 1.61. The van der Waals surface area contributed by atoms with Crippen LogP contribution < -0.4 is 10.2 Å². The van der Waals surface area contributed by atoms with E-state index in [0.29, 0.717) is 23.1 Å². The lowest BCUT2D eigenvalue weighted by atomic mass is 10.2. The molecule has 0 aliphatic heterocycles. The molecule has 1 heterocycles. The third-order valence-corrected chi connectivity index (χ3v) is 5.61. The molecule has 3 aromatic rings. The molecule has 3 rings (SSSR count). The number of carbonyl (C=O) groups is 1. The van der Waals surface area contributed by atoms with E-state index in [1.807, 2.05) is 35.8 Å². The molecule has 12 heteroatoms. The number of benzene rings is 2. The van der Waals surface area contributed by atoms with Gasteiger partial charge in [-0.1, -0.05) is 23.4 Å². The third kappa shape index (κ3) is 5.62. The van der Waals surface area contributed by atoms with Crippen molar-refractivity contribution in [2.75, 3.05) is 12.9 Å². The number of nitrogens with one attached hydrogen (secondary N) is 1. The topological polar surface area (TPSA) is 125 Å². The van der Waals surface area contributed by atoms with Gasteiger partial charge in [-0.15, -0.1) is 10.2 Å². The second-order valence-corrected chi connectivity index (χ2v) is 7.67. The minimum absolute atomic E-state index is 0.0563. The van der Waals surface area contributed by atoms with E-state index in [1.54, 1.807) is 7.11 Å². The van der Waals surface area contributed by atoms with Crippen LogP contribution in [0.1, 0.15) is 12.5 Å². The van der Waals surface area contributed by atoms with Crippen LogP contribution in [0.15, 0.2) is 52.7 Å². The maximum Gasteiger partial charge on any atom is 0.270 e. The number of thioether (sulfide) groups is 1.